The van der Waals surface area contributed by atoms with Crippen molar-refractivity contribution in [1.82, 2.24) is 10.6 Å². The fourth-order valence-electron chi connectivity index (χ4n) is 6.88. The van der Waals surface area contributed by atoms with E-state index in [1.165, 1.54) is 38.5 Å². The van der Waals surface area contributed by atoms with E-state index >= 15 is 0 Å². The lowest BCUT2D eigenvalue weighted by Gasteiger charge is -2.59. The minimum atomic E-state index is -0.273. The van der Waals surface area contributed by atoms with Crippen molar-refractivity contribution in [3.8, 4) is 11.8 Å². The minimum absolute atomic E-state index is 0.0897. The number of benzene rings is 1. The van der Waals surface area contributed by atoms with Gasteiger partial charge in [-0.3, -0.25) is 4.79 Å². The van der Waals surface area contributed by atoms with Gasteiger partial charge in [-0.15, -0.1) is 0 Å². The van der Waals surface area contributed by atoms with Crippen LogP contribution in [-0.2, 0) is 4.79 Å². The van der Waals surface area contributed by atoms with Crippen LogP contribution in [0.4, 0.5) is 0 Å². The third-order valence-electron chi connectivity index (χ3n) is 8.13. The number of carbonyl (C=O) groups is 1. The van der Waals surface area contributed by atoms with Crippen molar-refractivity contribution in [3.05, 3.63) is 41.1 Å². The highest BCUT2D eigenvalue weighted by molar-refractivity contribution is 5.97. The van der Waals surface area contributed by atoms with Gasteiger partial charge >= 0.3 is 0 Å². The van der Waals surface area contributed by atoms with E-state index in [-0.39, 0.29) is 29.0 Å². The van der Waals surface area contributed by atoms with Gasteiger partial charge in [0.2, 0.25) is 0 Å². The monoisotopic (exact) mass is 435 g/mol. The number of ether oxygens (including phenoxy) is 1. The molecule has 4 saturated carbocycles. The molecule has 0 saturated heterocycles. The first-order chi connectivity index (χ1) is 15.3. The molecule has 2 N–H and O–H groups in total. The number of amides is 1. The molecule has 32 heavy (non-hydrogen) atoms. The second-order valence-electron chi connectivity index (χ2n) is 10.5. The zero-order chi connectivity index (χ0) is 22.9. The number of nitrogens with zero attached hydrogens (tertiary/aromatic N) is 1. The maximum absolute atomic E-state index is 13.0. The lowest BCUT2D eigenvalue weighted by atomic mass is 9.48. The zero-order valence-corrected chi connectivity index (χ0v) is 19.9. The van der Waals surface area contributed by atoms with Gasteiger partial charge in [-0.05, 0) is 95.5 Å². The number of rotatable bonds is 8. The second kappa shape index (κ2) is 9.17. The maximum atomic E-state index is 13.0. The van der Waals surface area contributed by atoms with Gasteiger partial charge in [-0.1, -0.05) is 17.7 Å². The van der Waals surface area contributed by atoms with E-state index in [9.17, 15) is 10.1 Å². The Morgan fingerprint density at radius 3 is 2.41 bits per heavy atom. The molecule has 4 fully saturated rings. The average molecular weight is 436 g/mol. The minimum Gasteiger partial charge on any atom is -0.494 e. The van der Waals surface area contributed by atoms with Crippen molar-refractivity contribution < 1.29 is 9.53 Å². The number of hydrogen-bond acceptors (Lipinski definition) is 4. The SMILES string of the molecule is CCOc1ccc(C)cc1C(C)N/C=C(/C#N)C(=O)NC(C)C12CC3CC(CC(C3)C1)C2. The van der Waals surface area contributed by atoms with Crippen LogP contribution in [0.15, 0.2) is 30.0 Å². The molecule has 5 nitrogen and oxygen atoms in total. The van der Waals surface area contributed by atoms with E-state index < -0.39 is 0 Å². The molecule has 0 spiro atoms. The van der Waals surface area contributed by atoms with Gasteiger partial charge in [0.25, 0.3) is 5.91 Å². The standard InChI is InChI=1S/C27H37N3O2/c1-5-32-25-7-6-17(2)8-24(25)18(3)29-16-23(15-28)26(31)30-19(4)27-12-20-9-21(13-27)11-22(10-20)14-27/h6-8,16,18-22,29H,5,9-14H2,1-4H3,(H,30,31)/b23-16-. The molecule has 5 rings (SSSR count). The molecule has 0 heterocycles. The van der Waals surface area contributed by atoms with Crippen molar-refractivity contribution in [2.24, 2.45) is 23.2 Å². The van der Waals surface area contributed by atoms with E-state index in [0.29, 0.717) is 6.61 Å². The first-order valence-electron chi connectivity index (χ1n) is 12.2. The molecule has 4 aliphatic rings. The van der Waals surface area contributed by atoms with Crippen LogP contribution >= 0.6 is 0 Å². The first-order valence-corrected chi connectivity index (χ1v) is 12.2. The molecule has 2 unspecified atom stereocenters. The molecule has 4 aliphatic carbocycles. The summed E-state index contributed by atoms with van der Waals surface area (Å²) < 4.78 is 5.76. The van der Waals surface area contributed by atoms with Crippen LogP contribution in [0.1, 0.15) is 76.5 Å². The van der Waals surface area contributed by atoms with E-state index in [1.807, 2.05) is 32.9 Å². The Bertz CT molecular complexity index is 894. The van der Waals surface area contributed by atoms with Crippen LogP contribution in [0.3, 0.4) is 0 Å². The number of carbonyl (C=O) groups excluding carboxylic acids is 1. The summed E-state index contributed by atoms with van der Waals surface area (Å²) in [5.74, 6) is 3.06. The lowest BCUT2D eigenvalue weighted by Crippen LogP contribution is -2.56. The molecule has 0 aliphatic heterocycles. The molecule has 1 aromatic carbocycles. The Hall–Kier alpha value is -2.48. The van der Waals surface area contributed by atoms with E-state index in [2.05, 4.69) is 29.7 Å². The molecule has 2 atom stereocenters. The van der Waals surface area contributed by atoms with Crippen molar-refractivity contribution in [2.75, 3.05) is 6.61 Å². The fourth-order valence-corrected chi connectivity index (χ4v) is 6.88. The Labute approximate surface area is 192 Å². The van der Waals surface area contributed by atoms with Gasteiger partial charge < -0.3 is 15.4 Å². The summed E-state index contributed by atoms with van der Waals surface area (Å²) in [7, 11) is 0. The van der Waals surface area contributed by atoms with Gasteiger partial charge in [0.05, 0.1) is 12.6 Å². The normalized spacial score (nSPS) is 30.3. The largest absolute Gasteiger partial charge is 0.494 e. The summed E-state index contributed by atoms with van der Waals surface area (Å²) in [5, 5.41) is 16.1. The summed E-state index contributed by atoms with van der Waals surface area (Å²) in [6, 6.07) is 8.18. The van der Waals surface area contributed by atoms with Gasteiger partial charge in [0.1, 0.15) is 17.4 Å². The second-order valence-corrected chi connectivity index (χ2v) is 10.5. The number of aryl methyl sites for hydroxylation is 1. The summed E-state index contributed by atoms with van der Waals surface area (Å²) in [5.41, 5.74) is 2.50. The summed E-state index contributed by atoms with van der Waals surface area (Å²) in [6.45, 7) is 8.76. The third-order valence-corrected chi connectivity index (χ3v) is 8.13. The van der Waals surface area contributed by atoms with Crippen LogP contribution in [0.2, 0.25) is 0 Å². The maximum Gasteiger partial charge on any atom is 0.263 e. The summed E-state index contributed by atoms with van der Waals surface area (Å²) >= 11 is 0. The first kappa shape index (κ1) is 22.7. The van der Waals surface area contributed by atoms with E-state index in [0.717, 1.165) is 34.6 Å². The van der Waals surface area contributed by atoms with Crippen LogP contribution in [-0.4, -0.2) is 18.6 Å². The molecule has 0 radical (unpaired) electrons. The predicted molar refractivity (Wildman–Crippen MR) is 126 cm³/mol. The Kier molecular flexibility index (Phi) is 6.51. The fraction of sp³-hybridized carbons (Fsp3) is 0.630. The van der Waals surface area contributed by atoms with E-state index in [1.54, 1.807) is 6.20 Å². The van der Waals surface area contributed by atoms with Crippen LogP contribution in [0.25, 0.3) is 0 Å². The number of nitrogens with one attached hydrogen (secondary N) is 2. The molecule has 0 aromatic heterocycles. The third kappa shape index (κ3) is 4.51. The topological polar surface area (TPSA) is 74.1 Å². The average Bonchev–Trinajstić information content (AvgIpc) is 2.74. The van der Waals surface area contributed by atoms with Gasteiger partial charge in [-0.2, -0.15) is 5.26 Å². The summed E-state index contributed by atoms with van der Waals surface area (Å²) in [6.07, 6.45) is 9.40. The smallest absolute Gasteiger partial charge is 0.263 e. The summed E-state index contributed by atoms with van der Waals surface area (Å²) in [4.78, 5) is 13.0. The van der Waals surface area contributed by atoms with Crippen LogP contribution < -0.4 is 15.4 Å². The van der Waals surface area contributed by atoms with Crippen molar-refractivity contribution in [1.29, 1.82) is 5.26 Å². The quantitative estimate of drug-likeness (QED) is 0.436. The van der Waals surface area contributed by atoms with Crippen molar-refractivity contribution in [3.63, 3.8) is 0 Å². The van der Waals surface area contributed by atoms with Crippen molar-refractivity contribution >= 4 is 5.91 Å². The van der Waals surface area contributed by atoms with E-state index in [4.69, 9.17) is 4.74 Å². The molecule has 1 amide bonds. The van der Waals surface area contributed by atoms with Crippen molar-refractivity contribution in [2.45, 2.75) is 78.3 Å². The van der Waals surface area contributed by atoms with Crippen LogP contribution in [0.5, 0.6) is 5.75 Å². The zero-order valence-electron chi connectivity index (χ0n) is 19.9. The van der Waals surface area contributed by atoms with Gasteiger partial charge in [0.15, 0.2) is 0 Å². The number of nitriles is 1. The molecular formula is C27H37N3O2. The highest BCUT2D eigenvalue weighted by Gasteiger charge is 2.53. The number of hydrogen-bond donors (Lipinski definition) is 2. The molecule has 4 bridgehead atoms. The van der Waals surface area contributed by atoms with Gasteiger partial charge in [0, 0.05) is 17.8 Å². The molecular weight excluding hydrogens is 398 g/mol. The Morgan fingerprint density at radius 2 is 1.84 bits per heavy atom. The lowest BCUT2D eigenvalue weighted by molar-refractivity contribution is -0.122. The highest BCUT2D eigenvalue weighted by Crippen LogP contribution is 2.61. The molecule has 1 aromatic rings. The molecule has 172 valence electrons. The van der Waals surface area contributed by atoms with Crippen LogP contribution in [0, 0.1) is 41.4 Å². The van der Waals surface area contributed by atoms with Gasteiger partial charge in [-0.25, -0.2) is 0 Å². The highest BCUT2D eigenvalue weighted by atomic mass is 16.5. The Morgan fingerprint density at radius 1 is 1.22 bits per heavy atom. The molecule has 5 heteroatoms. The predicted octanol–water partition coefficient (Wildman–Crippen LogP) is 5.17. The Balaban J connectivity index is 1.42.